The van der Waals surface area contributed by atoms with Crippen molar-refractivity contribution in [3.63, 3.8) is 0 Å². The van der Waals surface area contributed by atoms with E-state index in [0.717, 1.165) is 12.3 Å². The van der Waals surface area contributed by atoms with Crippen LogP contribution in [-0.4, -0.2) is 16.1 Å². The molecule has 5 heteroatoms. The first kappa shape index (κ1) is 11.1. The van der Waals surface area contributed by atoms with Crippen molar-refractivity contribution in [2.45, 2.75) is 0 Å². The van der Waals surface area contributed by atoms with Gasteiger partial charge in [-0.25, -0.2) is 9.18 Å². The van der Waals surface area contributed by atoms with Crippen LogP contribution in [0.15, 0.2) is 41.3 Å². The van der Waals surface area contributed by atoms with Crippen LogP contribution in [0.1, 0.15) is 10.4 Å². The first-order chi connectivity index (χ1) is 8.09. The molecular formula is C12H8FNO3. The van der Waals surface area contributed by atoms with Gasteiger partial charge < -0.3 is 10.1 Å². The molecule has 0 aliphatic carbocycles. The van der Waals surface area contributed by atoms with Gasteiger partial charge in [0.25, 0.3) is 5.56 Å². The molecule has 0 unspecified atom stereocenters. The Bertz CT molecular complexity index is 634. The molecule has 0 amide bonds. The van der Waals surface area contributed by atoms with E-state index in [4.69, 9.17) is 5.11 Å². The first-order valence-electron chi connectivity index (χ1n) is 4.80. The minimum Gasteiger partial charge on any atom is -0.478 e. The third kappa shape index (κ3) is 2.08. The summed E-state index contributed by atoms with van der Waals surface area (Å²) >= 11 is 0. The second kappa shape index (κ2) is 4.21. The second-order valence-corrected chi connectivity index (χ2v) is 3.42. The molecule has 0 saturated heterocycles. The number of aromatic amines is 1. The van der Waals surface area contributed by atoms with Gasteiger partial charge in [-0.3, -0.25) is 4.79 Å². The Balaban J connectivity index is 2.67. The van der Waals surface area contributed by atoms with Crippen LogP contribution < -0.4 is 5.56 Å². The minimum absolute atomic E-state index is 0.00278. The average Bonchev–Trinajstić information content (AvgIpc) is 2.30. The van der Waals surface area contributed by atoms with Crippen LogP contribution in [0.2, 0.25) is 0 Å². The van der Waals surface area contributed by atoms with Crippen LogP contribution in [0.3, 0.4) is 0 Å². The van der Waals surface area contributed by atoms with Crippen molar-refractivity contribution in [1.82, 2.24) is 4.98 Å². The van der Waals surface area contributed by atoms with E-state index in [1.165, 1.54) is 18.2 Å². The van der Waals surface area contributed by atoms with E-state index in [-0.39, 0.29) is 16.7 Å². The highest BCUT2D eigenvalue weighted by molar-refractivity contribution is 5.88. The van der Waals surface area contributed by atoms with Crippen LogP contribution in [-0.2, 0) is 0 Å². The number of halogens is 1. The van der Waals surface area contributed by atoms with Crippen molar-refractivity contribution < 1.29 is 14.3 Å². The van der Waals surface area contributed by atoms with E-state index in [9.17, 15) is 14.0 Å². The molecule has 2 N–H and O–H groups in total. The normalized spacial score (nSPS) is 10.2. The number of aromatic nitrogens is 1. The number of hydrogen-bond acceptors (Lipinski definition) is 2. The van der Waals surface area contributed by atoms with E-state index in [1.54, 1.807) is 6.07 Å². The summed E-state index contributed by atoms with van der Waals surface area (Å²) in [6, 6.07) is 6.85. The lowest BCUT2D eigenvalue weighted by atomic mass is 10.1. The molecule has 2 aromatic rings. The number of aromatic carboxylic acids is 1. The van der Waals surface area contributed by atoms with E-state index in [2.05, 4.69) is 4.98 Å². The highest BCUT2D eigenvalue weighted by Gasteiger charge is 2.11. The minimum atomic E-state index is -1.18. The molecule has 1 aromatic carbocycles. The Hall–Kier alpha value is -2.43. The Labute approximate surface area is 95.4 Å². The molecule has 0 fully saturated rings. The molecular weight excluding hydrogens is 225 g/mol. The number of carbonyl (C=O) groups is 1. The number of nitrogens with one attached hydrogen (secondary N) is 1. The van der Waals surface area contributed by atoms with Crippen molar-refractivity contribution in [3.8, 4) is 11.1 Å². The Morgan fingerprint density at radius 2 is 1.94 bits per heavy atom. The molecule has 2 rings (SSSR count). The molecule has 0 aliphatic rings. The third-order valence-corrected chi connectivity index (χ3v) is 2.31. The molecule has 1 aromatic heterocycles. The summed E-state index contributed by atoms with van der Waals surface area (Å²) in [6.45, 7) is 0. The second-order valence-electron chi connectivity index (χ2n) is 3.42. The summed E-state index contributed by atoms with van der Waals surface area (Å²) < 4.78 is 13.5. The van der Waals surface area contributed by atoms with Gasteiger partial charge in [0.15, 0.2) is 0 Å². The smallest absolute Gasteiger partial charge is 0.337 e. The molecule has 4 nitrogen and oxygen atoms in total. The maximum absolute atomic E-state index is 13.5. The van der Waals surface area contributed by atoms with E-state index in [1.807, 2.05) is 0 Å². The predicted octanol–water partition coefficient (Wildman–Crippen LogP) is 1.88. The molecule has 0 spiro atoms. The van der Waals surface area contributed by atoms with Crippen LogP contribution >= 0.6 is 0 Å². The van der Waals surface area contributed by atoms with Crippen LogP contribution in [0, 0.1) is 5.82 Å². The number of carboxylic acid groups (broad SMARTS) is 1. The number of carboxylic acids is 1. The molecule has 0 bridgehead atoms. The quantitative estimate of drug-likeness (QED) is 0.831. The van der Waals surface area contributed by atoms with Gasteiger partial charge in [-0.15, -0.1) is 0 Å². The summed E-state index contributed by atoms with van der Waals surface area (Å²) in [5.41, 5.74) is -0.539. The number of rotatable bonds is 2. The largest absolute Gasteiger partial charge is 0.478 e. The summed E-state index contributed by atoms with van der Waals surface area (Å²) in [6.07, 6.45) is 1.08. The SMILES string of the molecule is O=C(O)c1c[nH]c(=O)c(-c2ccccc2F)c1. The molecule has 1 heterocycles. The Kier molecular flexibility index (Phi) is 2.74. The first-order valence-corrected chi connectivity index (χ1v) is 4.80. The third-order valence-electron chi connectivity index (χ3n) is 2.31. The molecule has 17 heavy (non-hydrogen) atoms. The molecule has 0 atom stereocenters. The molecule has 0 radical (unpaired) electrons. The maximum atomic E-state index is 13.5. The van der Waals surface area contributed by atoms with Crippen molar-refractivity contribution in [3.05, 3.63) is 58.3 Å². The van der Waals surface area contributed by atoms with Crippen LogP contribution in [0.25, 0.3) is 11.1 Å². The fourth-order valence-electron chi connectivity index (χ4n) is 1.49. The Morgan fingerprint density at radius 3 is 2.59 bits per heavy atom. The van der Waals surface area contributed by atoms with Crippen LogP contribution in [0.4, 0.5) is 4.39 Å². The van der Waals surface area contributed by atoms with Crippen molar-refractivity contribution in [2.24, 2.45) is 0 Å². The highest BCUT2D eigenvalue weighted by Crippen LogP contribution is 2.19. The lowest BCUT2D eigenvalue weighted by Crippen LogP contribution is -2.12. The average molecular weight is 233 g/mol. The zero-order chi connectivity index (χ0) is 12.4. The van der Waals surface area contributed by atoms with Gasteiger partial charge in [0.1, 0.15) is 5.82 Å². The number of pyridine rings is 1. The number of benzene rings is 1. The summed E-state index contributed by atoms with van der Waals surface area (Å²) in [7, 11) is 0. The van der Waals surface area contributed by atoms with Crippen molar-refractivity contribution >= 4 is 5.97 Å². The summed E-state index contributed by atoms with van der Waals surface area (Å²) in [4.78, 5) is 24.6. The van der Waals surface area contributed by atoms with E-state index < -0.39 is 17.3 Å². The van der Waals surface area contributed by atoms with Gasteiger partial charge in [-0.1, -0.05) is 18.2 Å². The van der Waals surface area contributed by atoms with E-state index >= 15 is 0 Å². The molecule has 0 aliphatic heterocycles. The summed E-state index contributed by atoms with van der Waals surface area (Å²) in [5, 5.41) is 8.80. The van der Waals surface area contributed by atoms with Gasteiger partial charge >= 0.3 is 5.97 Å². The number of hydrogen-bond donors (Lipinski definition) is 2. The molecule has 0 saturated carbocycles. The van der Waals surface area contributed by atoms with Crippen LogP contribution in [0.5, 0.6) is 0 Å². The lowest BCUT2D eigenvalue weighted by Gasteiger charge is -2.03. The topological polar surface area (TPSA) is 70.2 Å². The fraction of sp³-hybridized carbons (Fsp3) is 0. The van der Waals surface area contributed by atoms with Crippen molar-refractivity contribution in [2.75, 3.05) is 0 Å². The van der Waals surface area contributed by atoms with Gasteiger partial charge in [0, 0.05) is 11.8 Å². The fourth-order valence-corrected chi connectivity index (χ4v) is 1.49. The van der Waals surface area contributed by atoms with Gasteiger partial charge in [0.2, 0.25) is 0 Å². The Morgan fingerprint density at radius 1 is 1.24 bits per heavy atom. The molecule has 86 valence electrons. The van der Waals surface area contributed by atoms with Gasteiger partial charge in [-0.05, 0) is 12.1 Å². The predicted molar refractivity (Wildman–Crippen MR) is 59.4 cm³/mol. The zero-order valence-electron chi connectivity index (χ0n) is 8.61. The van der Waals surface area contributed by atoms with Gasteiger partial charge in [0.05, 0.1) is 11.1 Å². The van der Waals surface area contributed by atoms with Crippen molar-refractivity contribution in [1.29, 1.82) is 0 Å². The maximum Gasteiger partial charge on any atom is 0.337 e. The number of H-pyrrole nitrogens is 1. The monoisotopic (exact) mass is 233 g/mol. The zero-order valence-corrected chi connectivity index (χ0v) is 8.61. The van der Waals surface area contributed by atoms with Gasteiger partial charge in [-0.2, -0.15) is 0 Å². The van der Waals surface area contributed by atoms with E-state index in [0.29, 0.717) is 0 Å². The standard InChI is InChI=1S/C12H8FNO3/c13-10-4-2-1-3-8(10)9-5-7(12(16)17)6-14-11(9)15/h1-6H,(H,14,15)(H,16,17). The lowest BCUT2D eigenvalue weighted by molar-refractivity contribution is 0.0696. The summed E-state index contributed by atoms with van der Waals surface area (Å²) in [5.74, 6) is -1.75. The highest BCUT2D eigenvalue weighted by atomic mass is 19.1.